The predicted molar refractivity (Wildman–Crippen MR) is 112 cm³/mol. The third kappa shape index (κ3) is 6.94. The van der Waals surface area contributed by atoms with Crippen molar-refractivity contribution in [2.75, 3.05) is 17.3 Å². The van der Waals surface area contributed by atoms with Crippen molar-refractivity contribution in [3.63, 3.8) is 0 Å². The Kier molecular flexibility index (Phi) is 8.99. The zero-order valence-electron chi connectivity index (χ0n) is 16.1. The minimum atomic E-state index is -0.658. The van der Waals surface area contributed by atoms with Gasteiger partial charge in [-0.1, -0.05) is 19.3 Å². The van der Waals surface area contributed by atoms with Gasteiger partial charge in [0.1, 0.15) is 0 Å². The van der Waals surface area contributed by atoms with Gasteiger partial charge in [-0.05, 0) is 80.5 Å². The van der Waals surface area contributed by atoms with Crippen LogP contribution in [0.25, 0.3) is 0 Å². The molecule has 1 N–H and O–H groups in total. The number of carbonyl (C=O) groups is 1. The molecular formula is C21H36O3S2. The standard InChI is InChI=1S/C21H36O3S2/c22-21(23)8-4-2-1-3-7-17-18(20-12-11-19(17)24-20)15-25-13-5-6-14-26-16-9-10-16/h16-20H,1-15H2,(H,22,23). The summed E-state index contributed by atoms with van der Waals surface area (Å²) in [7, 11) is 0. The summed E-state index contributed by atoms with van der Waals surface area (Å²) < 4.78 is 6.24. The lowest BCUT2D eigenvalue weighted by atomic mass is 9.77. The van der Waals surface area contributed by atoms with E-state index in [1.54, 1.807) is 0 Å². The average Bonchev–Trinajstić information content (AvgIpc) is 3.23. The van der Waals surface area contributed by atoms with Gasteiger partial charge in [-0.3, -0.25) is 4.79 Å². The fourth-order valence-electron chi connectivity index (χ4n) is 4.52. The van der Waals surface area contributed by atoms with E-state index in [0.29, 0.717) is 18.6 Å². The monoisotopic (exact) mass is 400 g/mol. The maximum Gasteiger partial charge on any atom is 0.303 e. The lowest BCUT2D eigenvalue weighted by molar-refractivity contribution is -0.137. The summed E-state index contributed by atoms with van der Waals surface area (Å²) in [6, 6.07) is 0. The minimum Gasteiger partial charge on any atom is -0.481 e. The maximum atomic E-state index is 10.6. The summed E-state index contributed by atoms with van der Waals surface area (Å²) in [4.78, 5) is 10.6. The Morgan fingerprint density at radius 2 is 1.62 bits per heavy atom. The van der Waals surface area contributed by atoms with Gasteiger partial charge in [-0.2, -0.15) is 23.5 Å². The fraction of sp³-hybridized carbons (Fsp3) is 0.952. The zero-order chi connectivity index (χ0) is 18.2. The molecule has 0 spiro atoms. The van der Waals surface area contributed by atoms with Crippen LogP contribution in [0.4, 0.5) is 0 Å². The Labute approximate surface area is 167 Å². The first-order chi connectivity index (χ1) is 12.7. The molecule has 2 aliphatic heterocycles. The molecule has 0 aromatic rings. The molecule has 2 saturated heterocycles. The Morgan fingerprint density at radius 3 is 2.38 bits per heavy atom. The molecule has 3 nitrogen and oxygen atoms in total. The van der Waals surface area contributed by atoms with Gasteiger partial charge >= 0.3 is 5.97 Å². The highest BCUT2D eigenvalue weighted by Crippen LogP contribution is 2.47. The Hall–Kier alpha value is 0.130. The molecule has 4 atom stereocenters. The van der Waals surface area contributed by atoms with Crippen LogP contribution < -0.4 is 0 Å². The first kappa shape index (κ1) is 20.9. The predicted octanol–water partition coefficient (Wildman–Crippen LogP) is 5.61. The number of hydrogen-bond donors (Lipinski definition) is 1. The number of carboxylic acids is 1. The van der Waals surface area contributed by atoms with Crippen LogP contribution >= 0.6 is 23.5 Å². The van der Waals surface area contributed by atoms with Crippen molar-refractivity contribution >= 4 is 29.5 Å². The number of thioether (sulfide) groups is 2. The molecule has 2 heterocycles. The van der Waals surface area contributed by atoms with Gasteiger partial charge in [0.05, 0.1) is 12.2 Å². The van der Waals surface area contributed by atoms with E-state index in [1.807, 2.05) is 0 Å². The molecule has 1 aliphatic carbocycles. The number of ether oxygens (including phenoxy) is 1. The van der Waals surface area contributed by atoms with E-state index in [-0.39, 0.29) is 0 Å². The van der Waals surface area contributed by atoms with E-state index in [4.69, 9.17) is 9.84 Å². The number of carboxylic acid groups (broad SMARTS) is 1. The van der Waals surface area contributed by atoms with Crippen molar-refractivity contribution < 1.29 is 14.6 Å². The highest BCUT2D eigenvalue weighted by Gasteiger charge is 2.47. The first-order valence-corrected chi connectivity index (χ1v) is 13.0. The largest absolute Gasteiger partial charge is 0.481 e. The SMILES string of the molecule is O=C(O)CCCCCCC1C2CCC(O2)C1CSCCCCSC1CC1. The molecule has 5 heteroatoms. The fourth-order valence-corrected chi connectivity index (χ4v) is 7.00. The van der Waals surface area contributed by atoms with Crippen LogP contribution in [0.1, 0.15) is 77.0 Å². The molecule has 150 valence electrons. The molecule has 4 unspecified atom stereocenters. The quantitative estimate of drug-likeness (QED) is 0.362. The van der Waals surface area contributed by atoms with Crippen molar-refractivity contribution in [3.05, 3.63) is 0 Å². The van der Waals surface area contributed by atoms with E-state index < -0.39 is 5.97 Å². The number of hydrogen-bond acceptors (Lipinski definition) is 4. The highest BCUT2D eigenvalue weighted by molar-refractivity contribution is 8.00. The van der Waals surface area contributed by atoms with Gasteiger partial charge in [0, 0.05) is 11.7 Å². The number of rotatable bonds is 15. The van der Waals surface area contributed by atoms with E-state index >= 15 is 0 Å². The second-order valence-electron chi connectivity index (χ2n) is 8.32. The van der Waals surface area contributed by atoms with Crippen LogP contribution in [0.2, 0.25) is 0 Å². The van der Waals surface area contributed by atoms with Crippen molar-refractivity contribution in [1.29, 1.82) is 0 Å². The molecule has 3 fully saturated rings. The summed E-state index contributed by atoms with van der Waals surface area (Å²) >= 11 is 4.35. The van der Waals surface area contributed by atoms with Crippen LogP contribution in [0.15, 0.2) is 0 Å². The molecular weight excluding hydrogens is 364 g/mol. The lowest BCUT2D eigenvalue weighted by Gasteiger charge is -2.27. The molecule has 0 aromatic carbocycles. The summed E-state index contributed by atoms with van der Waals surface area (Å²) in [6.07, 6.45) is 15.2. The van der Waals surface area contributed by atoms with Crippen molar-refractivity contribution in [1.82, 2.24) is 0 Å². The third-order valence-corrected chi connectivity index (χ3v) is 8.80. The molecule has 3 rings (SSSR count). The number of fused-ring (bicyclic) bond motifs is 2. The van der Waals surface area contributed by atoms with Gasteiger partial charge in [0.15, 0.2) is 0 Å². The normalized spacial score (nSPS) is 30.2. The second-order valence-corrected chi connectivity index (χ2v) is 10.9. The maximum absolute atomic E-state index is 10.6. The van der Waals surface area contributed by atoms with Crippen LogP contribution in [-0.4, -0.2) is 45.8 Å². The Balaban J connectivity index is 1.24. The van der Waals surface area contributed by atoms with Crippen molar-refractivity contribution in [2.45, 2.75) is 94.5 Å². The third-order valence-electron chi connectivity index (χ3n) is 6.14. The second kappa shape index (κ2) is 11.2. The lowest BCUT2D eigenvalue weighted by Crippen LogP contribution is -2.29. The number of unbranched alkanes of at least 4 members (excludes halogenated alkanes) is 4. The Morgan fingerprint density at radius 1 is 0.885 bits per heavy atom. The molecule has 0 amide bonds. The van der Waals surface area contributed by atoms with Crippen LogP contribution in [0, 0.1) is 11.8 Å². The Bertz CT molecular complexity index is 427. The molecule has 2 bridgehead atoms. The van der Waals surface area contributed by atoms with E-state index in [9.17, 15) is 4.79 Å². The van der Waals surface area contributed by atoms with Gasteiger partial charge in [0.2, 0.25) is 0 Å². The van der Waals surface area contributed by atoms with Crippen LogP contribution in [-0.2, 0) is 9.53 Å². The zero-order valence-corrected chi connectivity index (χ0v) is 17.7. The summed E-state index contributed by atoms with van der Waals surface area (Å²) in [6.45, 7) is 0. The average molecular weight is 401 g/mol. The summed E-state index contributed by atoms with van der Waals surface area (Å²) in [5.41, 5.74) is 0. The molecule has 0 radical (unpaired) electrons. The smallest absolute Gasteiger partial charge is 0.303 e. The van der Waals surface area contributed by atoms with Gasteiger partial charge < -0.3 is 9.84 Å². The van der Waals surface area contributed by atoms with Crippen molar-refractivity contribution in [2.24, 2.45) is 11.8 Å². The molecule has 3 aliphatic rings. The summed E-state index contributed by atoms with van der Waals surface area (Å²) in [5, 5.41) is 9.72. The van der Waals surface area contributed by atoms with Gasteiger partial charge in [0.25, 0.3) is 0 Å². The van der Waals surface area contributed by atoms with E-state index in [0.717, 1.165) is 29.9 Å². The molecule has 1 saturated carbocycles. The van der Waals surface area contributed by atoms with E-state index in [1.165, 1.54) is 75.0 Å². The topological polar surface area (TPSA) is 46.5 Å². The first-order valence-electron chi connectivity index (χ1n) is 10.8. The summed E-state index contributed by atoms with van der Waals surface area (Å²) in [5.74, 6) is 4.87. The molecule has 26 heavy (non-hydrogen) atoms. The van der Waals surface area contributed by atoms with Gasteiger partial charge in [-0.15, -0.1) is 0 Å². The van der Waals surface area contributed by atoms with Crippen LogP contribution in [0.3, 0.4) is 0 Å². The van der Waals surface area contributed by atoms with Crippen molar-refractivity contribution in [3.8, 4) is 0 Å². The molecule has 0 aromatic heterocycles. The van der Waals surface area contributed by atoms with E-state index in [2.05, 4.69) is 23.5 Å². The van der Waals surface area contributed by atoms with Gasteiger partial charge in [-0.25, -0.2) is 0 Å². The van der Waals surface area contributed by atoms with Crippen LogP contribution in [0.5, 0.6) is 0 Å². The number of aliphatic carboxylic acids is 1. The highest BCUT2D eigenvalue weighted by atomic mass is 32.2. The minimum absolute atomic E-state index is 0.329.